The van der Waals surface area contributed by atoms with Crippen molar-refractivity contribution in [1.29, 1.82) is 0 Å². The molecule has 0 aliphatic carbocycles. The van der Waals surface area contributed by atoms with Crippen molar-refractivity contribution in [3.63, 3.8) is 0 Å². The Morgan fingerprint density at radius 1 is 1.28 bits per heavy atom. The number of rotatable bonds is 5. The van der Waals surface area contributed by atoms with Crippen LogP contribution in [0.15, 0.2) is 47.7 Å². The molecule has 1 aliphatic heterocycles. The Morgan fingerprint density at radius 3 is 2.66 bits per heavy atom. The largest absolute Gasteiger partial charge is 0.503 e. The van der Waals surface area contributed by atoms with E-state index in [0.717, 1.165) is 12.1 Å². The number of carbonyl (C=O) groups is 2. The fourth-order valence-corrected chi connectivity index (χ4v) is 3.46. The van der Waals surface area contributed by atoms with Gasteiger partial charge in [-0.05, 0) is 49.7 Å². The number of benzene rings is 2. The molecule has 11 heteroatoms. The van der Waals surface area contributed by atoms with Crippen LogP contribution in [-0.2, 0) is 11.0 Å². The third-order valence-corrected chi connectivity index (χ3v) is 4.93. The summed E-state index contributed by atoms with van der Waals surface area (Å²) < 4.78 is 44.3. The number of phenolic OH excluding ortho intramolecular Hbond substituents is 1. The molecule has 0 saturated carbocycles. The fourth-order valence-electron chi connectivity index (χ4n) is 3.24. The monoisotopic (exact) mass is 469 g/mol. The average Bonchev–Trinajstić information content (AvgIpc) is 2.70. The highest BCUT2D eigenvalue weighted by molar-refractivity contribution is 6.32. The molecule has 3 amide bonds. The van der Waals surface area contributed by atoms with E-state index in [1.807, 2.05) is 0 Å². The van der Waals surface area contributed by atoms with Crippen LogP contribution >= 0.6 is 11.6 Å². The lowest BCUT2D eigenvalue weighted by Gasteiger charge is -2.29. The first-order chi connectivity index (χ1) is 15.0. The zero-order valence-electron chi connectivity index (χ0n) is 16.9. The Balaban J connectivity index is 1.99. The van der Waals surface area contributed by atoms with E-state index in [1.54, 1.807) is 6.92 Å². The standard InChI is InChI=1S/C21H19ClF3N3O4/c1-3-32-15-8-11(7-14(22)18(15)29)17-16(10(2)26-20(31)28-17)19(30)27-13-6-4-5-12(9-13)21(23,24)25/h4-9,17,29H,3H2,1-2H3,(H,27,30)(H2,26,28,31)/t17-/m1/s1. The SMILES string of the molecule is CCOc1cc([C@H]2NC(=O)NC(C)=C2C(=O)Nc2cccc(C(F)(F)F)c2)cc(Cl)c1O. The van der Waals surface area contributed by atoms with E-state index in [2.05, 4.69) is 16.0 Å². The fraction of sp³-hybridized carbons (Fsp3) is 0.238. The summed E-state index contributed by atoms with van der Waals surface area (Å²) in [5.74, 6) is -0.979. The average molecular weight is 470 g/mol. The van der Waals surface area contributed by atoms with E-state index in [-0.39, 0.29) is 40.1 Å². The molecule has 0 fully saturated rings. The second-order valence-corrected chi connectivity index (χ2v) is 7.29. The van der Waals surface area contributed by atoms with Crippen molar-refractivity contribution in [2.24, 2.45) is 0 Å². The number of aromatic hydroxyl groups is 1. The zero-order chi connectivity index (χ0) is 23.6. The zero-order valence-corrected chi connectivity index (χ0v) is 17.7. The maximum Gasteiger partial charge on any atom is 0.416 e. The molecule has 0 unspecified atom stereocenters. The highest BCUT2D eigenvalue weighted by Gasteiger charge is 2.33. The van der Waals surface area contributed by atoms with Gasteiger partial charge in [0, 0.05) is 11.4 Å². The molecule has 1 heterocycles. The third kappa shape index (κ3) is 4.91. The first-order valence-electron chi connectivity index (χ1n) is 9.43. The molecule has 7 nitrogen and oxygen atoms in total. The van der Waals surface area contributed by atoms with Crippen molar-refractivity contribution in [2.45, 2.75) is 26.1 Å². The molecule has 4 N–H and O–H groups in total. The van der Waals surface area contributed by atoms with Crippen molar-refractivity contribution >= 4 is 29.2 Å². The van der Waals surface area contributed by atoms with E-state index in [4.69, 9.17) is 16.3 Å². The van der Waals surface area contributed by atoms with Gasteiger partial charge in [-0.2, -0.15) is 13.2 Å². The van der Waals surface area contributed by atoms with Crippen molar-refractivity contribution in [3.8, 4) is 11.5 Å². The number of phenols is 1. The number of alkyl halides is 3. The van der Waals surface area contributed by atoms with Gasteiger partial charge >= 0.3 is 12.2 Å². The first-order valence-corrected chi connectivity index (χ1v) is 9.81. The van der Waals surface area contributed by atoms with Crippen molar-refractivity contribution < 1.29 is 32.6 Å². The summed E-state index contributed by atoms with van der Waals surface area (Å²) in [6, 6.07) is 5.37. The highest BCUT2D eigenvalue weighted by atomic mass is 35.5. The molecule has 2 aromatic carbocycles. The quantitative estimate of drug-likeness (QED) is 0.508. The number of halogens is 4. The second-order valence-electron chi connectivity index (χ2n) is 6.89. The minimum absolute atomic E-state index is 0.0474. The maximum absolute atomic E-state index is 13.0. The van der Waals surface area contributed by atoms with Gasteiger partial charge in [-0.1, -0.05) is 17.7 Å². The van der Waals surface area contributed by atoms with E-state index in [0.29, 0.717) is 5.56 Å². The van der Waals surface area contributed by atoms with Crippen LogP contribution in [0.3, 0.4) is 0 Å². The number of ether oxygens (including phenoxy) is 1. The molecular formula is C21H19ClF3N3O4. The summed E-state index contributed by atoms with van der Waals surface area (Å²) >= 11 is 6.08. The van der Waals surface area contributed by atoms with Crippen molar-refractivity contribution in [3.05, 3.63) is 63.8 Å². The topological polar surface area (TPSA) is 99.7 Å². The Morgan fingerprint density at radius 2 is 2.00 bits per heavy atom. The van der Waals surface area contributed by atoms with Gasteiger partial charge in [0.2, 0.25) is 0 Å². The van der Waals surface area contributed by atoms with Crippen LogP contribution < -0.4 is 20.7 Å². The van der Waals surface area contributed by atoms with Gasteiger partial charge in [0.15, 0.2) is 11.5 Å². The maximum atomic E-state index is 13.0. The molecule has 0 spiro atoms. The van der Waals surface area contributed by atoms with Gasteiger partial charge in [-0.25, -0.2) is 4.79 Å². The molecule has 0 saturated heterocycles. The highest BCUT2D eigenvalue weighted by Crippen LogP contribution is 2.39. The predicted octanol–water partition coefficient (Wildman–Crippen LogP) is 4.73. The molecule has 1 atom stereocenters. The number of amides is 3. The minimum Gasteiger partial charge on any atom is -0.503 e. The van der Waals surface area contributed by atoms with Gasteiger partial charge in [0.05, 0.1) is 28.8 Å². The lowest BCUT2D eigenvalue weighted by atomic mass is 9.94. The number of hydrogen-bond donors (Lipinski definition) is 4. The van der Waals surface area contributed by atoms with E-state index in [1.165, 1.54) is 31.2 Å². The number of nitrogens with one attached hydrogen (secondary N) is 3. The molecule has 0 bridgehead atoms. The molecule has 0 aromatic heterocycles. The molecule has 32 heavy (non-hydrogen) atoms. The summed E-state index contributed by atoms with van der Waals surface area (Å²) in [5.41, 5.74) is -0.407. The van der Waals surface area contributed by atoms with Gasteiger partial charge in [0.1, 0.15) is 0 Å². The molecule has 170 valence electrons. The van der Waals surface area contributed by atoms with Crippen LogP contribution in [0.2, 0.25) is 5.02 Å². The number of anilines is 1. The van der Waals surface area contributed by atoms with Crippen molar-refractivity contribution in [2.75, 3.05) is 11.9 Å². The van der Waals surface area contributed by atoms with Gasteiger partial charge in [0.25, 0.3) is 5.91 Å². The third-order valence-electron chi connectivity index (χ3n) is 4.65. The van der Waals surface area contributed by atoms with Crippen LogP contribution in [0, 0.1) is 0 Å². The molecule has 2 aromatic rings. The lowest BCUT2D eigenvalue weighted by molar-refractivity contribution is -0.137. The Labute approximate surface area is 186 Å². The van der Waals surface area contributed by atoms with Gasteiger partial charge < -0.3 is 25.8 Å². The van der Waals surface area contributed by atoms with E-state index < -0.39 is 29.7 Å². The van der Waals surface area contributed by atoms with Crippen molar-refractivity contribution in [1.82, 2.24) is 10.6 Å². The summed E-state index contributed by atoms with van der Waals surface area (Å²) in [7, 11) is 0. The Bertz CT molecular complexity index is 1100. The summed E-state index contributed by atoms with van der Waals surface area (Å²) in [4.78, 5) is 25.1. The van der Waals surface area contributed by atoms with Gasteiger partial charge in [-0.15, -0.1) is 0 Å². The molecular weight excluding hydrogens is 451 g/mol. The minimum atomic E-state index is -4.57. The second kappa shape index (κ2) is 8.99. The first kappa shape index (κ1) is 23.3. The van der Waals surface area contributed by atoms with Gasteiger partial charge in [-0.3, -0.25) is 4.79 Å². The molecule has 1 aliphatic rings. The Hall–Kier alpha value is -3.40. The van der Waals surface area contributed by atoms with E-state index >= 15 is 0 Å². The molecule has 3 rings (SSSR count). The van der Waals surface area contributed by atoms with Crippen LogP contribution in [0.1, 0.15) is 31.0 Å². The number of carbonyl (C=O) groups excluding carboxylic acids is 2. The smallest absolute Gasteiger partial charge is 0.416 e. The summed E-state index contributed by atoms with van der Waals surface area (Å²) in [6.45, 7) is 3.41. The van der Waals surface area contributed by atoms with E-state index in [9.17, 15) is 27.9 Å². The van der Waals surface area contributed by atoms with Crippen LogP contribution in [0.5, 0.6) is 11.5 Å². The number of allylic oxidation sites excluding steroid dienone is 1. The summed E-state index contributed by atoms with van der Waals surface area (Å²) in [6.07, 6.45) is -4.57. The van der Waals surface area contributed by atoms with Crippen LogP contribution in [-0.4, -0.2) is 23.7 Å². The lowest BCUT2D eigenvalue weighted by Crippen LogP contribution is -2.46. The molecule has 0 radical (unpaired) electrons. The van der Waals surface area contributed by atoms with Crippen LogP contribution in [0.25, 0.3) is 0 Å². The number of urea groups is 1. The van der Waals surface area contributed by atoms with Crippen LogP contribution in [0.4, 0.5) is 23.7 Å². The Kier molecular flexibility index (Phi) is 6.54. The number of hydrogen-bond acceptors (Lipinski definition) is 4. The predicted molar refractivity (Wildman–Crippen MR) is 111 cm³/mol. The summed E-state index contributed by atoms with van der Waals surface area (Å²) in [5, 5.41) is 17.5. The normalized spacial score (nSPS) is 16.3.